The van der Waals surface area contributed by atoms with Gasteiger partial charge in [0.2, 0.25) is 5.76 Å². The van der Waals surface area contributed by atoms with Crippen LogP contribution in [-0.2, 0) is 5.33 Å². The molecule has 0 bridgehead atoms. The smallest absolute Gasteiger partial charge is 0.372 e. The first-order valence-electron chi connectivity index (χ1n) is 4.79. The van der Waals surface area contributed by atoms with E-state index < -0.39 is 5.97 Å². The predicted molar refractivity (Wildman–Crippen MR) is 68.7 cm³/mol. The van der Waals surface area contributed by atoms with E-state index in [4.69, 9.17) is 21.1 Å². The zero-order valence-corrected chi connectivity index (χ0v) is 11.0. The Morgan fingerprint density at radius 3 is 2.47 bits per heavy atom. The summed E-state index contributed by atoms with van der Waals surface area (Å²) in [5.74, 6) is -0.583. The first kappa shape index (κ1) is 12.2. The van der Waals surface area contributed by atoms with Gasteiger partial charge < -0.3 is 9.52 Å². The monoisotopic (exact) mass is 314 g/mol. The summed E-state index contributed by atoms with van der Waals surface area (Å²) in [6.45, 7) is 0. The maximum atomic E-state index is 10.9. The van der Waals surface area contributed by atoms with Crippen LogP contribution in [0.25, 0.3) is 11.3 Å². The molecular weight excluding hydrogens is 307 g/mol. The van der Waals surface area contributed by atoms with Gasteiger partial charge in [0.15, 0.2) is 0 Å². The molecule has 0 fully saturated rings. The third-order valence-electron chi connectivity index (χ3n) is 2.28. The predicted octanol–water partition coefficient (Wildman–Crippen LogP) is 4.19. The number of carboxylic acids is 1. The summed E-state index contributed by atoms with van der Waals surface area (Å²) >= 11 is 9.01. The molecule has 1 aromatic carbocycles. The number of hydrogen-bond donors (Lipinski definition) is 1. The average Bonchev–Trinajstić information content (AvgIpc) is 2.74. The summed E-state index contributed by atoms with van der Waals surface area (Å²) in [4.78, 5) is 10.9. The second-order valence-corrected chi connectivity index (χ2v) is 4.41. The number of carbonyl (C=O) groups is 1. The van der Waals surface area contributed by atoms with Crippen molar-refractivity contribution in [2.75, 3.05) is 0 Å². The Hall–Kier alpha value is -1.26. The van der Waals surface area contributed by atoms with Crippen LogP contribution in [0.5, 0.6) is 0 Å². The van der Waals surface area contributed by atoms with Crippen LogP contribution >= 0.6 is 27.5 Å². The Morgan fingerprint density at radius 2 is 2.00 bits per heavy atom. The molecule has 88 valence electrons. The number of halogens is 2. The molecule has 2 rings (SSSR count). The highest BCUT2D eigenvalue weighted by Crippen LogP contribution is 2.28. The highest BCUT2D eigenvalue weighted by Gasteiger charge is 2.17. The summed E-state index contributed by atoms with van der Waals surface area (Å²) in [6.07, 6.45) is 0. The maximum absolute atomic E-state index is 10.9. The lowest BCUT2D eigenvalue weighted by atomic mass is 10.1. The van der Waals surface area contributed by atoms with E-state index in [-0.39, 0.29) is 5.76 Å². The number of alkyl halides is 1. The summed E-state index contributed by atoms with van der Waals surface area (Å²) in [5.41, 5.74) is 1.41. The molecule has 0 amide bonds. The van der Waals surface area contributed by atoms with Gasteiger partial charge >= 0.3 is 5.97 Å². The van der Waals surface area contributed by atoms with Gasteiger partial charge in [-0.25, -0.2) is 4.79 Å². The first-order valence-corrected chi connectivity index (χ1v) is 6.29. The number of hydrogen-bond acceptors (Lipinski definition) is 2. The molecule has 1 aromatic heterocycles. The number of benzene rings is 1. The second-order valence-electron chi connectivity index (χ2n) is 3.41. The molecule has 0 atom stereocenters. The van der Waals surface area contributed by atoms with Crippen molar-refractivity contribution in [2.45, 2.75) is 5.33 Å². The van der Waals surface area contributed by atoms with Crippen molar-refractivity contribution in [3.8, 4) is 11.3 Å². The van der Waals surface area contributed by atoms with E-state index >= 15 is 0 Å². The lowest BCUT2D eigenvalue weighted by Crippen LogP contribution is -1.96. The van der Waals surface area contributed by atoms with Crippen LogP contribution in [0.4, 0.5) is 0 Å². The Labute approximate surface area is 111 Å². The van der Waals surface area contributed by atoms with Crippen molar-refractivity contribution in [3.05, 3.63) is 46.7 Å². The summed E-state index contributed by atoms with van der Waals surface area (Å²) < 4.78 is 5.32. The molecule has 0 saturated heterocycles. The third-order valence-corrected chi connectivity index (χ3v) is 3.13. The molecule has 0 aliphatic heterocycles. The lowest BCUT2D eigenvalue weighted by Gasteiger charge is -1.96. The van der Waals surface area contributed by atoms with Gasteiger partial charge in [0.25, 0.3) is 0 Å². The van der Waals surface area contributed by atoms with Gasteiger partial charge in [-0.05, 0) is 30.3 Å². The van der Waals surface area contributed by atoms with Gasteiger partial charge in [-0.1, -0.05) is 27.5 Å². The number of carboxylic acid groups (broad SMARTS) is 1. The largest absolute Gasteiger partial charge is 0.475 e. The van der Waals surface area contributed by atoms with Crippen molar-refractivity contribution in [1.82, 2.24) is 0 Å². The molecule has 1 heterocycles. The van der Waals surface area contributed by atoms with Gasteiger partial charge in [0.05, 0.1) is 0 Å². The average molecular weight is 316 g/mol. The molecule has 0 radical (unpaired) electrons. The van der Waals surface area contributed by atoms with Gasteiger partial charge in [-0.2, -0.15) is 0 Å². The highest BCUT2D eigenvalue weighted by molar-refractivity contribution is 9.08. The lowest BCUT2D eigenvalue weighted by molar-refractivity contribution is 0.0662. The quantitative estimate of drug-likeness (QED) is 0.864. The Bertz CT molecular complexity index is 545. The van der Waals surface area contributed by atoms with Crippen LogP contribution in [0.2, 0.25) is 5.02 Å². The zero-order valence-electron chi connectivity index (χ0n) is 8.61. The van der Waals surface area contributed by atoms with Gasteiger partial charge in [0.1, 0.15) is 5.76 Å². The summed E-state index contributed by atoms with van der Waals surface area (Å²) in [5, 5.41) is 10.0. The van der Waals surface area contributed by atoms with Gasteiger partial charge in [0, 0.05) is 21.5 Å². The minimum Gasteiger partial charge on any atom is -0.475 e. The highest BCUT2D eigenvalue weighted by atomic mass is 79.9. The standard InChI is InChI=1S/C12H8BrClO3/c13-6-8-5-10(17-11(8)12(15)16)7-1-3-9(14)4-2-7/h1-5H,6H2,(H,15,16). The summed E-state index contributed by atoms with van der Waals surface area (Å²) in [6, 6.07) is 8.73. The van der Waals surface area contributed by atoms with E-state index in [1.54, 1.807) is 30.3 Å². The topological polar surface area (TPSA) is 50.4 Å². The van der Waals surface area contributed by atoms with Crippen molar-refractivity contribution in [1.29, 1.82) is 0 Å². The molecule has 2 aromatic rings. The van der Waals surface area contributed by atoms with Crippen molar-refractivity contribution < 1.29 is 14.3 Å². The van der Waals surface area contributed by atoms with Crippen LogP contribution in [0.3, 0.4) is 0 Å². The van der Waals surface area contributed by atoms with Crippen LogP contribution in [0.15, 0.2) is 34.7 Å². The van der Waals surface area contributed by atoms with Crippen molar-refractivity contribution in [2.24, 2.45) is 0 Å². The number of rotatable bonds is 3. The zero-order chi connectivity index (χ0) is 12.4. The van der Waals surface area contributed by atoms with Crippen LogP contribution in [-0.4, -0.2) is 11.1 Å². The molecule has 0 aliphatic carbocycles. The molecule has 17 heavy (non-hydrogen) atoms. The molecule has 0 aliphatic rings. The van der Waals surface area contributed by atoms with E-state index in [1.165, 1.54) is 0 Å². The molecular formula is C12H8BrClO3. The van der Waals surface area contributed by atoms with E-state index in [2.05, 4.69) is 15.9 Å². The van der Waals surface area contributed by atoms with Gasteiger partial charge in [-0.3, -0.25) is 0 Å². The molecule has 0 saturated carbocycles. The fraction of sp³-hybridized carbons (Fsp3) is 0.0833. The first-order chi connectivity index (χ1) is 8.11. The van der Waals surface area contributed by atoms with Crippen LogP contribution < -0.4 is 0 Å². The van der Waals surface area contributed by atoms with E-state index in [9.17, 15) is 4.79 Å². The van der Waals surface area contributed by atoms with Crippen molar-refractivity contribution >= 4 is 33.5 Å². The molecule has 5 heteroatoms. The van der Waals surface area contributed by atoms with Crippen molar-refractivity contribution in [3.63, 3.8) is 0 Å². The SMILES string of the molecule is O=C(O)c1oc(-c2ccc(Cl)cc2)cc1CBr. The van der Waals surface area contributed by atoms with Gasteiger partial charge in [-0.15, -0.1) is 0 Å². The van der Waals surface area contributed by atoms with E-state index in [0.717, 1.165) is 5.56 Å². The summed E-state index contributed by atoms with van der Waals surface area (Å²) in [7, 11) is 0. The normalized spacial score (nSPS) is 10.5. The minimum absolute atomic E-state index is 0.0353. The molecule has 0 spiro atoms. The molecule has 1 N–H and O–H groups in total. The fourth-order valence-corrected chi connectivity index (χ4v) is 2.01. The maximum Gasteiger partial charge on any atom is 0.372 e. The fourth-order valence-electron chi connectivity index (χ4n) is 1.47. The molecule has 3 nitrogen and oxygen atoms in total. The van der Waals surface area contributed by atoms with Crippen LogP contribution in [0.1, 0.15) is 16.1 Å². The van der Waals surface area contributed by atoms with E-state index in [1.807, 2.05) is 0 Å². The second kappa shape index (κ2) is 4.94. The Kier molecular flexibility index (Phi) is 3.54. The molecule has 0 unspecified atom stereocenters. The van der Waals surface area contributed by atoms with Crippen LogP contribution in [0, 0.1) is 0 Å². The number of furan rings is 1. The number of aromatic carboxylic acids is 1. The Balaban J connectivity index is 2.46. The van der Waals surface area contributed by atoms with E-state index in [0.29, 0.717) is 21.7 Å². The minimum atomic E-state index is -1.07. The third kappa shape index (κ3) is 2.53. The Morgan fingerprint density at radius 1 is 1.35 bits per heavy atom.